The molecule has 5 heteroatoms. The molecule has 0 unspecified atom stereocenters. The van der Waals surface area contributed by atoms with Gasteiger partial charge in [0, 0.05) is 19.1 Å². The number of rotatable bonds is 6. The van der Waals surface area contributed by atoms with E-state index in [4.69, 9.17) is 18.9 Å². The predicted octanol–water partition coefficient (Wildman–Crippen LogP) is 2.29. The minimum absolute atomic E-state index is 0.202. The summed E-state index contributed by atoms with van der Waals surface area (Å²) in [6.07, 6.45) is 3.49. The molecular formula is C14H18O5. The first-order valence-electron chi connectivity index (χ1n) is 5.72. The fourth-order valence-electron chi connectivity index (χ4n) is 1.53. The van der Waals surface area contributed by atoms with Gasteiger partial charge in [-0.15, -0.1) is 0 Å². The molecule has 5 nitrogen and oxygen atoms in total. The lowest BCUT2D eigenvalue weighted by Gasteiger charge is -2.12. The summed E-state index contributed by atoms with van der Waals surface area (Å²) in [4.78, 5) is 10.7. The van der Waals surface area contributed by atoms with Crippen molar-refractivity contribution < 1.29 is 23.7 Å². The number of carbonyl (C=O) groups excluding carboxylic acids is 1. The van der Waals surface area contributed by atoms with Gasteiger partial charge in [-0.3, -0.25) is 4.79 Å². The molecule has 1 aromatic carbocycles. The van der Waals surface area contributed by atoms with Crippen molar-refractivity contribution in [2.45, 2.75) is 6.92 Å². The second-order valence-electron chi connectivity index (χ2n) is 3.65. The molecule has 0 spiro atoms. The van der Waals surface area contributed by atoms with Crippen molar-refractivity contribution in [3.8, 4) is 17.2 Å². The molecule has 0 saturated heterocycles. The SMILES string of the molecule is COc1cc(OC)c(/C=C/COC(C)=O)c(OC)c1. The smallest absolute Gasteiger partial charge is 0.302 e. The van der Waals surface area contributed by atoms with Crippen LogP contribution in [0.2, 0.25) is 0 Å². The van der Waals surface area contributed by atoms with E-state index in [1.54, 1.807) is 45.6 Å². The van der Waals surface area contributed by atoms with Crippen molar-refractivity contribution in [1.82, 2.24) is 0 Å². The average molecular weight is 266 g/mol. The molecule has 0 atom stereocenters. The quantitative estimate of drug-likeness (QED) is 0.739. The molecule has 0 radical (unpaired) electrons. The number of ether oxygens (including phenoxy) is 4. The monoisotopic (exact) mass is 266 g/mol. The maximum absolute atomic E-state index is 10.7. The van der Waals surface area contributed by atoms with Crippen LogP contribution in [0.4, 0.5) is 0 Å². The normalized spacial score (nSPS) is 10.3. The Morgan fingerprint density at radius 1 is 1.11 bits per heavy atom. The van der Waals surface area contributed by atoms with Gasteiger partial charge in [-0.2, -0.15) is 0 Å². The molecule has 1 aromatic rings. The Morgan fingerprint density at radius 3 is 2.11 bits per heavy atom. The van der Waals surface area contributed by atoms with Crippen molar-refractivity contribution in [2.24, 2.45) is 0 Å². The fourth-order valence-corrected chi connectivity index (χ4v) is 1.53. The van der Waals surface area contributed by atoms with Crippen LogP contribution in [-0.4, -0.2) is 33.9 Å². The van der Waals surface area contributed by atoms with Gasteiger partial charge in [0.05, 0.1) is 26.9 Å². The highest BCUT2D eigenvalue weighted by Gasteiger charge is 2.10. The van der Waals surface area contributed by atoms with Crippen LogP contribution in [-0.2, 0) is 9.53 Å². The maximum atomic E-state index is 10.7. The minimum atomic E-state index is -0.321. The number of benzene rings is 1. The molecule has 0 bridgehead atoms. The number of methoxy groups -OCH3 is 3. The van der Waals surface area contributed by atoms with Crippen molar-refractivity contribution in [3.05, 3.63) is 23.8 Å². The summed E-state index contributed by atoms with van der Waals surface area (Å²) in [6, 6.07) is 3.52. The summed E-state index contributed by atoms with van der Waals surface area (Å²) >= 11 is 0. The summed E-state index contributed by atoms with van der Waals surface area (Å²) in [5.41, 5.74) is 0.762. The lowest BCUT2D eigenvalue weighted by molar-refractivity contribution is -0.139. The van der Waals surface area contributed by atoms with E-state index in [0.717, 1.165) is 5.56 Å². The Kier molecular flexibility index (Phi) is 5.73. The summed E-state index contributed by atoms with van der Waals surface area (Å²) in [6.45, 7) is 1.57. The highest BCUT2D eigenvalue weighted by molar-refractivity contribution is 5.68. The number of hydrogen-bond donors (Lipinski definition) is 0. The summed E-state index contributed by atoms with van der Waals surface area (Å²) in [5.74, 6) is 1.56. The van der Waals surface area contributed by atoms with Crippen LogP contribution < -0.4 is 14.2 Å². The summed E-state index contributed by atoms with van der Waals surface area (Å²) in [7, 11) is 4.71. The van der Waals surface area contributed by atoms with E-state index in [0.29, 0.717) is 17.2 Å². The molecule has 0 aliphatic rings. The van der Waals surface area contributed by atoms with Crippen LogP contribution in [0.3, 0.4) is 0 Å². The molecule has 0 amide bonds. The Balaban J connectivity index is 3.00. The Labute approximate surface area is 112 Å². The minimum Gasteiger partial charge on any atom is -0.496 e. The molecule has 0 aromatic heterocycles. The highest BCUT2D eigenvalue weighted by Crippen LogP contribution is 2.34. The average Bonchev–Trinajstić information content (AvgIpc) is 2.42. The molecule has 0 N–H and O–H groups in total. The van der Waals surface area contributed by atoms with Crippen molar-refractivity contribution in [1.29, 1.82) is 0 Å². The van der Waals surface area contributed by atoms with Crippen molar-refractivity contribution in [3.63, 3.8) is 0 Å². The maximum Gasteiger partial charge on any atom is 0.302 e. The van der Waals surface area contributed by atoms with E-state index in [2.05, 4.69) is 0 Å². The molecule has 0 aliphatic carbocycles. The Hall–Kier alpha value is -2.17. The van der Waals surface area contributed by atoms with Crippen LogP contribution in [0, 0.1) is 0 Å². The standard InChI is InChI=1S/C14H18O5/c1-10(15)19-7-5-6-12-13(17-3)8-11(16-2)9-14(12)18-4/h5-6,8-9H,7H2,1-4H3/b6-5+. The van der Waals surface area contributed by atoms with Crippen molar-refractivity contribution >= 4 is 12.0 Å². The second kappa shape index (κ2) is 7.31. The van der Waals surface area contributed by atoms with E-state index in [9.17, 15) is 4.79 Å². The first-order chi connectivity index (χ1) is 9.12. The Bertz CT molecular complexity index is 440. The van der Waals surface area contributed by atoms with Gasteiger partial charge in [-0.25, -0.2) is 0 Å². The van der Waals surface area contributed by atoms with Gasteiger partial charge < -0.3 is 18.9 Å². The molecular weight excluding hydrogens is 248 g/mol. The van der Waals surface area contributed by atoms with Gasteiger partial charge >= 0.3 is 5.97 Å². The van der Waals surface area contributed by atoms with Gasteiger partial charge in [-0.05, 0) is 12.2 Å². The third-order valence-electron chi connectivity index (χ3n) is 2.42. The van der Waals surface area contributed by atoms with Gasteiger partial charge in [-0.1, -0.05) is 0 Å². The van der Waals surface area contributed by atoms with Gasteiger partial charge in [0.1, 0.15) is 23.9 Å². The van der Waals surface area contributed by atoms with E-state index >= 15 is 0 Å². The molecule has 104 valence electrons. The molecule has 0 saturated carbocycles. The third kappa shape index (κ3) is 4.21. The van der Waals surface area contributed by atoms with E-state index in [-0.39, 0.29) is 12.6 Å². The third-order valence-corrected chi connectivity index (χ3v) is 2.42. The first kappa shape index (κ1) is 14.9. The zero-order valence-corrected chi connectivity index (χ0v) is 11.6. The molecule has 19 heavy (non-hydrogen) atoms. The van der Waals surface area contributed by atoms with Crippen LogP contribution in [0.15, 0.2) is 18.2 Å². The summed E-state index contributed by atoms with van der Waals surface area (Å²) < 4.78 is 20.6. The largest absolute Gasteiger partial charge is 0.496 e. The number of carbonyl (C=O) groups is 1. The van der Waals surface area contributed by atoms with Gasteiger partial charge in [0.2, 0.25) is 0 Å². The fraction of sp³-hybridized carbons (Fsp3) is 0.357. The predicted molar refractivity (Wildman–Crippen MR) is 71.8 cm³/mol. The van der Waals surface area contributed by atoms with Gasteiger partial charge in [0.15, 0.2) is 0 Å². The lowest BCUT2D eigenvalue weighted by atomic mass is 10.1. The topological polar surface area (TPSA) is 54.0 Å². The van der Waals surface area contributed by atoms with Crippen LogP contribution in [0.1, 0.15) is 12.5 Å². The molecule has 0 heterocycles. The van der Waals surface area contributed by atoms with Crippen LogP contribution >= 0.6 is 0 Å². The van der Waals surface area contributed by atoms with Crippen molar-refractivity contribution in [2.75, 3.05) is 27.9 Å². The molecule has 0 fully saturated rings. The highest BCUT2D eigenvalue weighted by atomic mass is 16.5. The first-order valence-corrected chi connectivity index (χ1v) is 5.72. The van der Waals surface area contributed by atoms with E-state index in [1.807, 2.05) is 0 Å². The second-order valence-corrected chi connectivity index (χ2v) is 3.65. The number of hydrogen-bond acceptors (Lipinski definition) is 5. The molecule has 1 rings (SSSR count). The molecule has 0 aliphatic heterocycles. The lowest BCUT2D eigenvalue weighted by Crippen LogP contribution is -1.98. The van der Waals surface area contributed by atoms with Gasteiger partial charge in [0.25, 0.3) is 0 Å². The zero-order valence-electron chi connectivity index (χ0n) is 11.6. The Morgan fingerprint density at radius 2 is 1.68 bits per heavy atom. The zero-order chi connectivity index (χ0) is 14.3. The van der Waals surface area contributed by atoms with Crippen LogP contribution in [0.5, 0.6) is 17.2 Å². The van der Waals surface area contributed by atoms with Crippen LogP contribution in [0.25, 0.3) is 6.08 Å². The van der Waals surface area contributed by atoms with E-state index in [1.165, 1.54) is 6.92 Å². The van der Waals surface area contributed by atoms with E-state index < -0.39 is 0 Å². The number of esters is 1. The summed E-state index contributed by atoms with van der Waals surface area (Å²) in [5, 5.41) is 0.